The molecule has 0 atom stereocenters. The molecule has 2 heteroatoms. The van der Waals surface area contributed by atoms with Gasteiger partial charge in [-0.05, 0) is 104 Å². The lowest BCUT2D eigenvalue weighted by Gasteiger charge is -2.43. The van der Waals surface area contributed by atoms with Crippen LogP contribution < -0.4 is 9.80 Å². The maximum Gasteiger partial charge on any atom is 0.0618 e. The molecule has 0 amide bonds. The molecule has 61 heavy (non-hydrogen) atoms. The fourth-order valence-electron chi connectivity index (χ4n) is 9.56. The molecule has 10 aromatic rings. The van der Waals surface area contributed by atoms with Gasteiger partial charge in [0.2, 0.25) is 0 Å². The Hall–Kier alpha value is -7.68. The minimum atomic E-state index is -0.303. The number of anilines is 6. The zero-order valence-electron chi connectivity index (χ0n) is 34.3. The summed E-state index contributed by atoms with van der Waals surface area (Å²) in [5.41, 5.74) is 16.4. The van der Waals surface area contributed by atoms with E-state index in [2.05, 4.69) is 254 Å². The summed E-state index contributed by atoms with van der Waals surface area (Å²) >= 11 is 0. The summed E-state index contributed by atoms with van der Waals surface area (Å²) < 4.78 is 0. The maximum atomic E-state index is 2.55. The van der Waals surface area contributed by atoms with Crippen LogP contribution in [0.2, 0.25) is 0 Å². The van der Waals surface area contributed by atoms with Gasteiger partial charge in [-0.2, -0.15) is 0 Å². The predicted octanol–water partition coefficient (Wildman–Crippen LogP) is 16.6. The van der Waals surface area contributed by atoms with Gasteiger partial charge in [-0.25, -0.2) is 0 Å². The Morgan fingerprint density at radius 3 is 1.49 bits per heavy atom. The Labute approximate surface area is 358 Å². The number of para-hydroxylation sites is 1. The highest BCUT2D eigenvalue weighted by molar-refractivity contribution is 6.11. The van der Waals surface area contributed by atoms with E-state index in [0.717, 1.165) is 17.1 Å². The zero-order valence-corrected chi connectivity index (χ0v) is 34.3. The van der Waals surface area contributed by atoms with Gasteiger partial charge in [-0.1, -0.05) is 196 Å². The van der Waals surface area contributed by atoms with Gasteiger partial charge in [0.25, 0.3) is 0 Å². The molecule has 0 aromatic heterocycles. The van der Waals surface area contributed by atoms with Gasteiger partial charge in [0.15, 0.2) is 0 Å². The third-order valence-electron chi connectivity index (χ3n) is 12.6. The van der Waals surface area contributed by atoms with Crippen LogP contribution >= 0.6 is 0 Å². The van der Waals surface area contributed by atoms with Gasteiger partial charge in [0.1, 0.15) is 0 Å². The van der Waals surface area contributed by atoms with Crippen LogP contribution in [0.15, 0.2) is 231 Å². The van der Waals surface area contributed by atoms with Crippen molar-refractivity contribution in [2.45, 2.75) is 19.3 Å². The summed E-state index contributed by atoms with van der Waals surface area (Å²) in [7, 11) is 0. The largest absolute Gasteiger partial charge is 0.310 e. The fourth-order valence-corrected chi connectivity index (χ4v) is 9.56. The first-order chi connectivity index (χ1) is 30.0. The molecule has 1 aliphatic heterocycles. The summed E-state index contributed by atoms with van der Waals surface area (Å²) in [5, 5.41) is 4.91. The van der Waals surface area contributed by atoms with E-state index in [1.54, 1.807) is 0 Å². The number of nitrogens with zero attached hydrogens (tertiary/aromatic N) is 2. The van der Waals surface area contributed by atoms with Crippen LogP contribution in [-0.4, -0.2) is 0 Å². The second-order valence-corrected chi connectivity index (χ2v) is 16.5. The van der Waals surface area contributed by atoms with Crippen molar-refractivity contribution < 1.29 is 0 Å². The van der Waals surface area contributed by atoms with Crippen molar-refractivity contribution in [2.75, 3.05) is 9.80 Å². The average molecular weight is 781 g/mol. The first-order valence-electron chi connectivity index (χ1n) is 21.2. The highest BCUT2D eigenvalue weighted by atomic mass is 15.2. The van der Waals surface area contributed by atoms with Crippen molar-refractivity contribution in [3.8, 4) is 33.4 Å². The van der Waals surface area contributed by atoms with Crippen molar-refractivity contribution in [2.24, 2.45) is 0 Å². The molecule has 11 rings (SSSR count). The number of hydrogen-bond acceptors (Lipinski definition) is 2. The molecule has 0 unspecified atom stereocenters. The highest BCUT2D eigenvalue weighted by Crippen LogP contribution is 2.56. The Morgan fingerprint density at radius 2 is 0.836 bits per heavy atom. The van der Waals surface area contributed by atoms with Gasteiger partial charge in [-0.3, -0.25) is 0 Å². The van der Waals surface area contributed by atoms with Crippen molar-refractivity contribution in [3.63, 3.8) is 0 Å². The van der Waals surface area contributed by atoms with Gasteiger partial charge >= 0.3 is 0 Å². The van der Waals surface area contributed by atoms with E-state index in [1.165, 1.54) is 83.1 Å². The molecule has 0 saturated heterocycles. The fraction of sp³-hybridized carbons (Fsp3) is 0.0508. The zero-order chi connectivity index (χ0) is 40.9. The lowest BCUT2D eigenvalue weighted by atomic mass is 9.73. The quantitative estimate of drug-likeness (QED) is 0.159. The third-order valence-corrected chi connectivity index (χ3v) is 12.6. The number of benzene rings is 10. The smallest absolute Gasteiger partial charge is 0.0618 e. The Kier molecular flexibility index (Phi) is 8.86. The average Bonchev–Trinajstić information content (AvgIpc) is 3.33. The molecule has 0 radical (unpaired) electrons. The summed E-state index contributed by atoms with van der Waals surface area (Å²) in [6, 6.07) is 84.2. The topological polar surface area (TPSA) is 6.48 Å². The molecule has 1 aliphatic rings. The van der Waals surface area contributed by atoms with E-state index in [9.17, 15) is 0 Å². The summed E-state index contributed by atoms with van der Waals surface area (Å²) in [6.45, 7) is 4.77. The minimum Gasteiger partial charge on any atom is -0.310 e. The monoisotopic (exact) mass is 780 g/mol. The van der Waals surface area contributed by atoms with Gasteiger partial charge in [0, 0.05) is 33.4 Å². The van der Waals surface area contributed by atoms with Crippen LogP contribution in [0.3, 0.4) is 0 Å². The van der Waals surface area contributed by atoms with E-state index in [0.29, 0.717) is 0 Å². The summed E-state index contributed by atoms with van der Waals surface area (Å²) in [6.07, 6.45) is 0. The molecular formula is C59H44N2. The van der Waals surface area contributed by atoms with Crippen LogP contribution in [0, 0.1) is 0 Å². The van der Waals surface area contributed by atoms with Gasteiger partial charge < -0.3 is 9.80 Å². The van der Waals surface area contributed by atoms with E-state index < -0.39 is 0 Å². The predicted molar refractivity (Wildman–Crippen MR) is 259 cm³/mol. The SMILES string of the molecule is CC1(C)c2ccccc2N(c2c(-c3cccc4ccccc34)ccc3ccccc23)c2ccc(N(c3ccc(-c4ccccc4)cc3)c3ccc(-c4ccccc4)cc3)cc21. The number of hydrogen-bond donors (Lipinski definition) is 0. The first-order valence-corrected chi connectivity index (χ1v) is 21.2. The standard InChI is InChI=1S/C59H44N2/c1-59(2)54-26-13-14-27-56(54)61(58-51-24-12-10-21-46(51)32-38-53(58)52-25-15-22-45-20-9-11-23-50(45)52)57-39-37-49(40-55(57)59)60(47-33-28-43(29-34-47)41-16-5-3-6-17-41)48-35-30-44(31-36-48)42-18-7-4-8-19-42/h3-40H,1-2H3. The summed E-state index contributed by atoms with van der Waals surface area (Å²) in [5.74, 6) is 0. The molecular weight excluding hydrogens is 737 g/mol. The van der Waals surface area contributed by atoms with Crippen LogP contribution in [0.5, 0.6) is 0 Å². The van der Waals surface area contributed by atoms with Crippen LogP contribution in [0.1, 0.15) is 25.0 Å². The molecule has 0 aliphatic carbocycles. The van der Waals surface area contributed by atoms with Crippen molar-refractivity contribution in [1.29, 1.82) is 0 Å². The van der Waals surface area contributed by atoms with Crippen molar-refractivity contribution >= 4 is 55.7 Å². The second-order valence-electron chi connectivity index (χ2n) is 16.5. The molecule has 2 nitrogen and oxygen atoms in total. The van der Waals surface area contributed by atoms with E-state index in [1.807, 2.05) is 0 Å². The van der Waals surface area contributed by atoms with Crippen molar-refractivity contribution in [3.05, 3.63) is 242 Å². The van der Waals surface area contributed by atoms with E-state index >= 15 is 0 Å². The summed E-state index contributed by atoms with van der Waals surface area (Å²) in [4.78, 5) is 4.96. The lowest BCUT2D eigenvalue weighted by Crippen LogP contribution is -2.31. The van der Waals surface area contributed by atoms with Crippen LogP contribution in [-0.2, 0) is 5.41 Å². The molecule has 0 N–H and O–H groups in total. The van der Waals surface area contributed by atoms with Crippen molar-refractivity contribution in [1.82, 2.24) is 0 Å². The molecule has 0 bridgehead atoms. The number of fused-ring (bicyclic) bond motifs is 4. The van der Waals surface area contributed by atoms with E-state index in [-0.39, 0.29) is 5.41 Å². The van der Waals surface area contributed by atoms with Gasteiger partial charge in [-0.15, -0.1) is 0 Å². The minimum absolute atomic E-state index is 0.303. The molecule has 290 valence electrons. The van der Waals surface area contributed by atoms with Crippen LogP contribution in [0.4, 0.5) is 34.1 Å². The van der Waals surface area contributed by atoms with E-state index in [4.69, 9.17) is 0 Å². The molecule has 10 aromatic carbocycles. The van der Waals surface area contributed by atoms with Crippen LogP contribution in [0.25, 0.3) is 54.9 Å². The Bertz CT molecular complexity index is 3110. The molecule has 0 fully saturated rings. The lowest BCUT2D eigenvalue weighted by molar-refractivity contribution is 0.632. The van der Waals surface area contributed by atoms with Gasteiger partial charge in [0.05, 0.1) is 17.1 Å². The molecule has 0 saturated carbocycles. The normalized spacial score (nSPS) is 12.9. The molecule has 1 heterocycles. The highest BCUT2D eigenvalue weighted by Gasteiger charge is 2.38. The third kappa shape index (κ3) is 6.27. The Morgan fingerprint density at radius 1 is 0.344 bits per heavy atom. The maximum absolute atomic E-state index is 2.55. The molecule has 0 spiro atoms. The first kappa shape index (κ1) is 36.4. The Balaban J connectivity index is 1.12. The number of rotatable bonds is 7. The second kappa shape index (κ2) is 14.9.